The molecule has 0 bridgehead atoms. The number of carbonyl (C=O) groups excluding carboxylic acids is 1. The van der Waals surface area contributed by atoms with Crippen molar-refractivity contribution in [1.29, 1.82) is 0 Å². The number of ether oxygens (including phenoxy) is 3. The molecule has 1 aromatic heterocycles. The number of aromatic amines is 1. The zero-order chi connectivity index (χ0) is 17.9. The summed E-state index contributed by atoms with van der Waals surface area (Å²) < 4.78 is 16.2. The maximum Gasteiger partial charge on any atom is 0.270 e. The van der Waals surface area contributed by atoms with E-state index < -0.39 is 0 Å². The van der Waals surface area contributed by atoms with Gasteiger partial charge in [-0.3, -0.25) is 4.79 Å². The van der Waals surface area contributed by atoms with Crippen LogP contribution in [0.25, 0.3) is 10.9 Å². The summed E-state index contributed by atoms with van der Waals surface area (Å²) in [6.45, 7) is 4.16. The molecule has 24 heavy (non-hydrogen) atoms. The number of methoxy groups -OCH3 is 3. The second-order valence-corrected chi connectivity index (χ2v) is 5.84. The smallest absolute Gasteiger partial charge is 0.270 e. The molecule has 0 spiro atoms. The van der Waals surface area contributed by atoms with E-state index in [-0.39, 0.29) is 11.9 Å². The second kappa shape index (κ2) is 7.47. The molecule has 6 heteroatoms. The van der Waals surface area contributed by atoms with Gasteiger partial charge in [-0.15, -0.1) is 0 Å². The maximum atomic E-state index is 12.8. The van der Waals surface area contributed by atoms with Crippen molar-refractivity contribution in [2.75, 3.05) is 28.4 Å². The van der Waals surface area contributed by atoms with Crippen LogP contribution < -0.4 is 14.2 Å². The number of hydrogen-bond acceptors (Lipinski definition) is 4. The van der Waals surface area contributed by atoms with Crippen LogP contribution in [0.5, 0.6) is 17.2 Å². The van der Waals surface area contributed by atoms with Gasteiger partial charge in [0.25, 0.3) is 5.91 Å². The summed E-state index contributed by atoms with van der Waals surface area (Å²) >= 11 is 0. The summed E-state index contributed by atoms with van der Waals surface area (Å²) in [6, 6.07) is 3.73. The molecule has 1 atom stereocenters. The van der Waals surface area contributed by atoms with Crippen molar-refractivity contribution in [2.24, 2.45) is 0 Å². The van der Waals surface area contributed by atoms with E-state index in [2.05, 4.69) is 11.9 Å². The number of amides is 1. The highest BCUT2D eigenvalue weighted by Gasteiger charge is 2.22. The topological polar surface area (TPSA) is 63.8 Å². The van der Waals surface area contributed by atoms with Gasteiger partial charge in [-0.05, 0) is 19.4 Å². The minimum Gasteiger partial charge on any atom is -0.496 e. The molecule has 0 saturated carbocycles. The number of nitrogens with one attached hydrogen (secondary N) is 1. The minimum atomic E-state index is -0.0600. The van der Waals surface area contributed by atoms with Crippen molar-refractivity contribution >= 4 is 16.8 Å². The van der Waals surface area contributed by atoms with E-state index in [1.807, 2.05) is 14.0 Å². The molecule has 0 fully saturated rings. The first-order valence-electron chi connectivity index (χ1n) is 8.07. The summed E-state index contributed by atoms with van der Waals surface area (Å²) in [6.07, 6.45) is 1.99. The van der Waals surface area contributed by atoms with Gasteiger partial charge >= 0.3 is 0 Å². The molecule has 0 aliphatic rings. The van der Waals surface area contributed by atoms with Crippen molar-refractivity contribution in [2.45, 2.75) is 32.7 Å². The number of benzene rings is 1. The van der Waals surface area contributed by atoms with Crippen LogP contribution in [0.2, 0.25) is 0 Å². The largest absolute Gasteiger partial charge is 0.496 e. The van der Waals surface area contributed by atoms with Crippen molar-refractivity contribution in [3.8, 4) is 17.2 Å². The van der Waals surface area contributed by atoms with Gasteiger partial charge in [0.2, 0.25) is 0 Å². The molecule has 0 aliphatic heterocycles. The zero-order valence-electron chi connectivity index (χ0n) is 15.2. The molecular weight excluding hydrogens is 308 g/mol. The first-order chi connectivity index (χ1) is 11.5. The Balaban J connectivity index is 2.52. The van der Waals surface area contributed by atoms with Gasteiger partial charge in [-0.1, -0.05) is 13.3 Å². The molecule has 0 unspecified atom stereocenters. The van der Waals surface area contributed by atoms with Crippen molar-refractivity contribution in [3.63, 3.8) is 0 Å². The Labute approximate surface area is 142 Å². The van der Waals surface area contributed by atoms with Crippen LogP contribution in [0.15, 0.2) is 12.1 Å². The van der Waals surface area contributed by atoms with E-state index in [1.54, 1.807) is 38.4 Å². The lowest BCUT2D eigenvalue weighted by molar-refractivity contribution is 0.0732. The zero-order valence-corrected chi connectivity index (χ0v) is 15.2. The number of hydrogen-bond donors (Lipinski definition) is 1. The van der Waals surface area contributed by atoms with Gasteiger partial charge in [-0.25, -0.2) is 0 Å². The van der Waals surface area contributed by atoms with Gasteiger partial charge in [-0.2, -0.15) is 0 Å². The highest BCUT2D eigenvalue weighted by molar-refractivity contribution is 6.02. The molecule has 6 nitrogen and oxygen atoms in total. The molecule has 1 aromatic carbocycles. The highest BCUT2D eigenvalue weighted by atomic mass is 16.5. The summed E-state index contributed by atoms with van der Waals surface area (Å²) in [7, 11) is 6.55. The minimum absolute atomic E-state index is 0.0600. The maximum absolute atomic E-state index is 12.8. The number of rotatable bonds is 7. The van der Waals surface area contributed by atoms with Crippen LogP contribution in [0.4, 0.5) is 0 Å². The fraction of sp³-hybridized carbons (Fsp3) is 0.500. The first kappa shape index (κ1) is 18.0. The Morgan fingerprint density at radius 1 is 1.17 bits per heavy atom. The number of carbonyl (C=O) groups is 1. The standard InChI is InChI=1S/C18H26N2O4/c1-7-8-11(2)20(3)18(21)13-9-12-14(22-4)10-15(23-5)17(24-6)16(12)19-13/h9-11,19H,7-8H2,1-6H3/t11-/m0/s1. The SMILES string of the molecule is CCC[C@H](C)N(C)C(=O)c1cc2c(OC)cc(OC)c(OC)c2[nH]1. The second-order valence-electron chi connectivity index (χ2n) is 5.84. The number of fused-ring (bicyclic) bond motifs is 1. The lowest BCUT2D eigenvalue weighted by Crippen LogP contribution is -2.35. The van der Waals surface area contributed by atoms with Gasteiger partial charge in [0, 0.05) is 24.5 Å². The Bertz CT molecular complexity index is 723. The third-order valence-corrected chi connectivity index (χ3v) is 4.36. The molecule has 0 saturated heterocycles. The van der Waals surface area contributed by atoms with E-state index in [9.17, 15) is 4.79 Å². The third-order valence-electron chi connectivity index (χ3n) is 4.36. The molecule has 1 amide bonds. The van der Waals surface area contributed by atoms with Crippen molar-refractivity contribution < 1.29 is 19.0 Å². The van der Waals surface area contributed by atoms with Crippen LogP contribution in [0.1, 0.15) is 37.2 Å². The van der Waals surface area contributed by atoms with Crippen molar-refractivity contribution in [1.82, 2.24) is 9.88 Å². The molecule has 2 aromatic rings. The van der Waals surface area contributed by atoms with E-state index in [4.69, 9.17) is 14.2 Å². The van der Waals surface area contributed by atoms with Gasteiger partial charge in [0.05, 0.1) is 26.8 Å². The summed E-state index contributed by atoms with van der Waals surface area (Å²) in [4.78, 5) is 17.7. The normalized spacial score (nSPS) is 12.1. The number of H-pyrrole nitrogens is 1. The lowest BCUT2D eigenvalue weighted by atomic mass is 10.1. The molecule has 1 heterocycles. The van der Waals surface area contributed by atoms with Crippen LogP contribution in [0, 0.1) is 0 Å². The van der Waals surface area contributed by atoms with Crippen LogP contribution >= 0.6 is 0 Å². The van der Waals surface area contributed by atoms with Crippen molar-refractivity contribution in [3.05, 3.63) is 17.8 Å². The van der Waals surface area contributed by atoms with E-state index in [0.29, 0.717) is 28.5 Å². The molecule has 0 radical (unpaired) electrons. The van der Waals surface area contributed by atoms with Crippen LogP contribution in [-0.2, 0) is 0 Å². The quantitative estimate of drug-likeness (QED) is 0.842. The molecule has 132 valence electrons. The molecule has 1 N–H and O–H groups in total. The first-order valence-corrected chi connectivity index (χ1v) is 8.07. The third kappa shape index (κ3) is 3.13. The summed E-state index contributed by atoms with van der Waals surface area (Å²) in [5, 5.41) is 0.787. The molecular formula is C18H26N2O4. The average molecular weight is 334 g/mol. The fourth-order valence-electron chi connectivity index (χ4n) is 2.85. The summed E-state index contributed by atoms with van der Waals surface area (Å²) in [5.41, 5.74) is 1.19. The Morgan fingerprint density at radius 3 is 2.38 bits per heavy atom. The van der Waals surface area contributed by atoms with Gasteiger partial charge in [0.15, 0.2) is 11.5 Å². The lowest BCUT2D eigenvalue weighted by Gasteiger charge is -2.24. The number of nitrogens with zero attached hydrogens (tertiary/aromatic N) is 1. The molecule has 2 rings (SSSR count). The predicted molar refractivity (Wildman–Crippen MR) is 94.4 cm³/mol. The van der Waals surface area contributed by atoms with Gasteiger partial charge < -0.3 is 24.1 Å². The van der Waals surface area contributed by atoms with E-state index >= 15 is 0 Å². The fourth-order valence-corrected chi connectivity index (χ4v) is 2.85. The Morgan fingerprint density at radius 2 is 1.83 bits per heavy atom. The highest BCUT2D eigenvalue weighted by Crippen LogP contribution is 2.41. The van der Waals surface area contributed by atoms with E-state index in [1.165, 1.54) is 0 Å². The van der Waals surface area contributed by atoms with Crippen LogP contribution in [-0.4, -0.2) is 50.2 Å². The average Bonchev–Trinajstić information content (AvgIpc) is 3.03. The monoisotopic (exact) mass is 334 g/mol. The Kier molecular flexibility index (Phi) is 5.59. The number of aromatic nitrogens is 1. The molecule has 0 aliphatic carbocycles. The van der Waals surface area contributed by atoms with E-state index in [0.717, 1.165) is 18.2 Å². The van der Waals surface area contributed by atoms with Gasteiger partial charge in [0.1, 0.15) is 11.4 Å². The predicted octanol–water partition coefficient (Wildman–Crippen LogP) is 3.45. The Hall–Kier alpha value is -2.37. The summed E-state index contributed by atoms with van der Waals surface area (Å²) in [5.74, 6) is 1.67. The van der Waals surface area contributed by atoms with Crippen LogP contribution in [0.3, 0.4) is 0 Å².